The van der Waals surface area contributed by atoms with Gasteiger partial charge in [0.1, 0.15) is 0 Å². The summed E-state index contributed by atoms with van der Waals surface area (Å²) in [6, 6.07) is 10.1. The lowest BCUT2D eigenvalue weighted by atomic mass is 9.86. The van der Waals surface area contributed by atoms with E-state index in [1.54, 1.807) is 0 Å². The van der Waals surface area contributed by atoms with Gasteiger partial charge in [0.15, 0.2) is 0 Å². The fourth-order valence-electron chi connectivity index (χ4n) is 3.06. The van der Waals surface area contributed by atoms with Crippen molar-refractivity contribution in [3.05, 3.63) is 35.9 Å². The van der Waals surface area contributed by atoms with E-state index >= 15 is 0 Å². The molecule has 0 atom stereocenters. The Balaban J connectivity index is 2.09. The van der Waals surface area contributed by atoms with E-state index in [9.17, 15) is 4.79 Å². The number of hydrogen-bond donors (Lipinski definition) is 0. The van der Waals surface area contributed by atoms with Crippen LogP contribution in [0.3, 0.4) is 0 Å². The van der Waals surface area contributed by atoms with Crippen LogP contribution in [0.15, 0.2) is 30.3 Å². The molecule has 0 aromatic heterocycles. The molecule has 0 heterocycles. The number of amides is 1. The monoisotopic (exact) mass is 288 g/mol. The van der Waals surface area contributed by atoms with Gasteiger partial charge in [0.2, 0.25) is 0 Å². The molecule has 0 bridgehead atoms. The smallest absolute Gasteiger partial charge is 0.254 e. The number of carbonyl (C=O) groups excluding carboxylic acids is 1. The van der Waals surface area contributed by atoms with Crippen molar-refractivity contribution >= 4 is 5.91 Å². The maximum atomic E-state index is 12.8. The molecule has 1 saturated carbocycles. The van der Waals surface area contributed by atoms with E-state index in [1.165, 1.54) is 12.8 Å². The highest BCUT2D eigenvalue weighted by molar-refractivity contribution is 5.94. The van der Waals surface area contributed by atoms with Crippen molar-refractivity contribution in [2.75, 3.05) is 27.2 Å². The second-order valence-electron chi connectivity index (χ2n) is 6.58. The van der Waals surface area contributed by atoms with Crippen LogP contribution in [-0.2, 0) is 0 Å². The average Bonchev–Trinajstić information content (AvgIpc) is 2.49. The predicted molar refractivity (Wildman–Crippen MR) is 87.5 cm³/mol. The number of hydrogen-bond acceptors (Lipinski definition) is 2. The molecule has 1 aromatic rings. The molecule has 1 aliphatic carbocycles. The van der Waals surface area contributed by atoms with Crippen molar-refractivity contribution < 1.29 is 4.79 Å². The maximum absolute atomic E-state index is 12.8. The topological polar surface area (TPSA) is 23.6 Å². The van der Waals surface area contributed by atoms with Crippen LogP contribution in [0.2, 0.25) is 0 Å². The molecule has 0 spiro atoms. The first-order chi connectivity index (χ1) is 10.1. The molecule has 1 aromatic carbocycles. The van der Waals surface area contributed by atoms with E-state index < -0.39 is 0 Å². The van der Waals surface area contributed by atoms with Gasteiger partial charge in [0.25, 0.3) is 5.91 Å². The molecule has 3 nitrogen and oxygen atoms in total. The normalized spacial score (nSPS) is 22.3. The first-order valence-corrected chi connectivity index (χ1v) is 8.08. The zero-order valence-electron chi connectivity index (χ0n) is 13.6. The molecule has 0 aliphatic heterocycles. The summed E-state index contributed by atoms with van der Waals surface area (Å²) in [5.41, 5.74) is 0.815. The molecule has 1 amide bonds. The Morgan fingerprint density at radius 1 is 1.05 bits per heavy atom. The summed E-state index contributed by atoms with van der Waals surface area (Å²) in [7, 11) is 4.13. The summed E-state index contributed by atoms with van der Waals surface area (Å²) in [4.78, 5) is 17.1. The van der Waals surface area contributed by atoms with Crippen molar-refractivity contribution in [2.45, 2.75) is 38.6 Å². The summed E-state index contributed by atoms with van der Waals surface area (Å²) in [5.74, 6) is 1.00. The maximum Gasteiger partial charge on any atom is 0.254 e. The average molecular weight is 288 g/mol. The van der Waals surface area contributed by atoms with Crippen LogP contribution in [0.1, 0.15) is 43.0 Å². The van der Waals surface area contributed by atoms with Gasteiger partial charge in [0.05, 0.1) is 0 Å². The number of nitrogens with zero attached hydrogens (tertiary/aromatic N) is 2. The van der Waals surface area contributed by atoms with E-state index in [2.05, 4.69) is 30.8 Å². The molecular weight excluding hydrogens is 260 g/mol. The van der Waals surface area contributed by atoms with Gasteiger partial charge in [-0.15, -0.1) is 0 Å². The SMILES string of the molecule is CC1CCC(N(CCN(C)C)C(=O)c2ccccc2)CC1. The minimum atomic E-state index is 0.192. The van der Waals surface area contributed by atoms with Crippen LogP contribution >= 0.6 is 0 Å². The summed E-state index contributed by atoms with van der Waals surface area (Å²) >= 11 is 0. The van der Waals surface area contributed by atoms with Crippen molar-refractivity contribution in [3.8, 4) is 0 Å². The van der Waals surface area contributed by atoms with Gasteiger partial charge in [-0.1, -0.05) is 25.1 Å². The third kappa shape index (κ3) is 4.57. The van der Waals surface area contributed by atoms with Crippen LogP contribution in [-0.4, -0.2) is 48.9 Å². The van der Waals surface area contributed by atoms with E-state index in [-0.39, 0.29) is 5.91 Å². The molecule has 116 valence electrons. The third-order valence-corrected chi connectivity index (χ3v) is 4.50. The minimum absolute atomic E-state index is 0.192. The van der Waals surface area contributed by atoms with Crippen LogP contribution in [0.25, 0.3) is 0 Å². The van der Waals surface area contributed by atoms with E-state index in [0.29, 0.717) is 6.04 Å². The van der Waals surface area contributed by atoms with Gasteiger partial charge in [-0.3, -0.25) is 4.79 Å². The number of likely N-dealkylation sites (N-methyl/N-ethyl adjacent to an activating group) is 1. The van der Waals surface area contributed by atoms with Crippen molar-refractivity contribution in [2.24, 2.45) is 5.92 Å². The second kappa shape index (κ2) is 7.60. The van der Waals surface area contributed by atoms with Gasteiger partial charge >= 0.3 is 0 Å². The summed E-state index contributed by atoms with van der Waals surface area (Å²) in [6.07, 6.45) is 4.77. The van der Waals surface area contributed by atoms with E-state index in [4.69, 9.17) is 0 Å². The van der Waals surface area contributed by atoms with Crippen LogP contribution in [0.4, 0.5) is 0 Å². The summed E-state index contributed by atoms with van der Waals surface area (Å²) < 4.78 is 0. The van der Waals surface area contributed by atoms with Gasteiger partial charge in [-0.25, -0.2) is 0 Å². The van der Waals surface area contributed by atoms with Crippen LogP contribution < -0.4 is 0 Å². The molecule has 1 aliphatic rings. The Morgan fingerprint density at radius 3 is 2.24 bits per heavy atom. The fraction of sp³-hybridized carbons (Fsp3) is 0.611. The van der Waals surface area contributed by atoms with Crippen LogP contribution in [0.5, 0.6) is 0 Å². The Labute approximate surface area is 128 Å². The molecule has 0 saturated heterocycles. The van der Waals surface area contributed by atoms with Crippen molar-refractivity contribution in [1.82, 2.24) is 9.80 Å². The van der Waals surface area contributed by atoms with Gasteiger partial charge in [0, 0.05) is 24.7 Å². The molecule has 0 unspecified atom stereocenters. The van der Waals surface area contributed by atoms with Crippen LogP contribution in [0, 0.1) is 5.92 Å². The molecular formula is C18H28N2O. The highest BCUT2D eigenvalue weighted by atomic mass is 16.2. The third-order valence-electron chi connectivity index (χ3n) is 4.50. The summed E-state index contributed by atoms with van der Waals surface area (Å²) in [5, 5.41) is 0. The Kier molecular flexibility index (Phi) is 5.80. The van der Waals surface area contributed by atoms with E-state index in [0.717, 1.165) is 37.4 Å². The number of benzene rings is 1. The van der Waals surface area contributed by atoms with Gasteiger partial charge in [-0.2, -0.15) is 0 Å². The Morgan fingerprint density at radius 2 is 1.67 bits per heavy atom. The van der Waals surface area contributed by atoms with Crippen molar-refractivity contribution in [3.63, 3.8) is 0 Å². The molecule has 2 rings (SSSR count). The number of rotatable bonds is 5. The fourth-order valence-corrected chi connectivity index (χ4v) is 3.06. The molecule has 0 N–H and O–H groups in total. The zero-order valence-corrected chi connectivity index (χ0v) is 13.6. The standard InChI is InChI=1S/C18H28N2O/c1-15-9-11-17(12-10-15)20(14-13-19(2)3)18(21)16-7-5-4-6-8-16/h4-8,15,17H,9-14H2,1-3H3. The van der Waals surface area contributed by atoms with E-state index in [1.807, 2.05) is 30.3 Å². The summed E-state index contributed by atoms with van der Waals surface area (Å²) in [6.45, 7) is 4.06. The minimum Gasteiger partial charge on any atom is -0.334 e. The van der Waals surface area contributed by atoms with Gasteiger partial charge in [-0.05, 0) is 57.8 Å². The molecule has 1 fully saturated rings. The quantitative estimate of drug-likeness (QED) is 0.830. The molecule has 21 heavy (non-hydrogen) atoms. The lowest BCUT2D eigenvalue weighted by Crippen LogP contribution is -2.45. The first-order valence-electron chi connectivity index (χ1n) is 8.08. The lowest BCUT2D eigenvalue weighted by molar-refractivity contribution is 0.0598. The predicted octanol–water partition coefficient (Wildman–Crippen LogP) is 3.27. The number of carbonyl (C=O) groups is 1. The second-order valence-corrected chi connectivity index (χ2v) is 6.58. The highest BCUT2D eigenvalue weighted by Crippen LogP contribution is 2.28. The molecule has 0 radical (unpaired) electrons. The van der Waals surface area contributed by atoms with Gasteiger partial charge < -0.3 is 9.80 Å². The lowest BCUT2D eigenvalue weighted by Gasteiger charge is -2.37. The zero-order chi connectivity index (χ0) is 15.2. The van der Waals surface area contributed by atoms with Crippen molar-refractivity contribution in [1.29, 1.82) is 0 Å². The Bertz CT molecular complexity index is 436. The Hall–Kier alpha value is -1.35. The largest absolute Gasteiger partial charge is 0.334 e. The first kappa shape index (κ1) is 16.0. The highest BCUT2D eigenvalue weighted by Gasteiger charge is 2.27. The molecule has 3 heteroatoms.